The van der Waals surface area contributed by atoms with Crippen LogP contribution in [0.4, 0.5) is 5.82 Å². The van der Waals surface area contributed by atoms with Gasteiger partial charge in [-0.2, -0.15) is 14.6 Å². The zero-order chi connectivity index (χ0) is 16.5. The van der Waals surface area contributed by atoms with E-state index in [2.05, 4.69) is 26.9 Å². The molecular formula is C17H25N5O2. The number of aromatic nitrogens is 4. The smallest absolute Gasteiger partial charge is 0.254 e. The van der Waals surface area contributed by atoms with Crippen LogP contribution in [-0.4, -0.2) is 58.6 Å². The van der Waals surface area contributed by atoms with Crippen molar-refractivity contribution >= 4 is 11.6 Å². The van der Waals surface area contributed by atoms with Crippen molar-refractivity contribution in [1.29, 1.82) is 0 Å². The lowest BCUT2D eigenvalue weighted by Crippen LogP contribution is -2.39. The van der Waals surface area contributed by atoms with Crippen molar-refractivity contribution in [2.45, 2.75) is 39.2 Å². The van der Waals surface area contributed by atoms with Crippen LogP contribution in [0.3, 0.4) is 0 Å². The van der Waals surface area contributed by atoms with E-state index in [4.69, 9.17) is 9.47 Å². The van der Waals surface area contributed by atoms with Crippen LogP contribution in [-0.2, 0) is 9.47 Å². The molecule has 0 N–H and O–H groups in total. The Kier molecular flexibility index (Phi) is 4.37. The Morgan fingerprint density at radius 2 is 2.08 bits per heavy atom. The number of anilines is 1. The van der Waals surface area contributed by atoms with Crippen LogP contribution in [0.1, 0.15) is 30.5 Å². The minimum absolute atomic E-state index is 0.358. The summed E-state index contributed by atoms with van der Waals surface area (Å²) < 4.78 is 13.4. The monoisotopic (exact) mass is 331 g/mol. The maximum Gasteiger partial charge on any atom is 0.254 e. The van der Waals surface area contributed by atoms with Crippen molar-refractivity contribution in [3.05, 3.63) is 17.6 Å². The highest BCUT2D eigenvalue weighted by molar-refractivity contribution is 5.54. The topological polar surface area (TPSA) is 64.8 Å². The lowest BCUT2D eigenvalue weighted by atomic mass is 10.1. The van der Waals surface area contributed by atoms with Gasteiger partial charge in [0, 0.05) is 36.9 Å². The fraction of sp³-hybridized carbons (Fsp3) is 0.706. The van der Waals surface area contributed by atoms with Crippen LogP contribution in [0.5, 0.6) is 0 Å². The van der Waals surface area contributed by atoms with E-state index in [1.165, 1.54) is 5.56 Å². The average molecular weight is 331 g/mol. The highest BCUT2D eigenvalue weighted by atomic mass is 16.5. The predicted octanol–water partition coefficient (Wildman–Crippen LogP) is 1.76. The molecule has 0 saturated carbocycles. The van der Waals surface area contributed by atoms with Gasteiger partial charge in [0.05, 0.1) is 19.3 Å². The fourth-order valence-electron chi connectivity index (χ4n) is 3.61. The third-order valence-electron chi connectivity index (χ3n) is 5.21. The molecule has 2 saturated heterocycles. The van der Waals surface area contributed by atoms with Crippen LogP contribution in [0.25, 0.3) is 5.78 Å². The lowest BCUT2D eigenvalue weighted by molar-refractivity contribution is 0.0130. The van der Waals surface area contributed by atoms with Gasteiger partial charge < -0.3 is 14.4 Å². The van der Waals surface area contributed by atoms with E-state index >= 15 is 0 Å². The van der Waals surface area contributed by atoms with Gasteiger partial charge in [-0.05, 0) is 33.1 Å². The zero-order valence-corrected chi connectivity index (χ0v) is 14.4. The minimum Gasteiger partial charge on any atom is -0.381 e. The molecule has 7 heteroatoms. The van der Waals surface area contributed by atoms with Gasteiger partial charge in [-0.3, -0.25) is 0 Å². The molecule has 2 aromatic rings. The van der Waals surface area contributed by atoms with E-state index in [9.17, 15) is 0 Å². The molecule has 0 radical (unpaired) electrons. The summed E-state index contributed by atoms with van der Waals surface area (Å²) in [6.45, 7) is 8.69. The van der Waals surface area contributed by atoms with Crippen molar-refractivity contribution in [3.8, 4) is 0 Å². The highest BCUT2D eigenvalue weighted by Gasteiger charge is 2.25. The van der Waals surface area contributed by atoms with Gasteiger partial charge in [0.1, 0.15) is 12.1 Å². The number of ether oxygens (including phenoxy) is 2. The van der Waals surface area contributed by atoms with Crippen LogP contribution >= 0.6 is 0 Å². The molecule has 0 spiro atoms. The standard InChI is InChI=1S/C17H25N5O2/c1-12-13(2)20-17-18-11-19-22(17)16(12)21-6-3-15(4-7-21)24-10-14-5-8-23-9-14/h11,14-15H,3-10H2,1-2H3. The third-order valence-corrected chi connectivity index (χ3v) is 5.21. The first kappa shape index (κ1) is 15.8. The Balaban J connectivity index is 1.42. The van der Waals surface area contributed by atoms with Crippen LogP contribution in [0.15, 0.2) is 6.33 Å². The molecule has 2 aliphatic rings. The predicted molar refractivity (Wildman–Crippen MR) is 90.4 cm³/mol. The Morgan fingerprint density at radius 3 is 2.83 bits per heavy atom. The SMILES string of the molecule is Cc1nc2ncnn2c(N2CCC(OCC3CCOC3)CC2)c1C. The van der Waals surface area contributed by atoms with Gasteiger partial charge in [0.15, 0.2) is 0 Å². The summed E-state index contributed by atoms with van der Waals surface area (Å²) in [5.74, 6) is 2.38. The van der Waals surface area contributed by atoms with E-state index in [1.54, 1.807) is 6.33 Å². The molecule has 7 nitrogen and oxygen atoms in total. The second-order valence-electron chi connectivity index (χ2n) is 6.87. The van der Waals surface area contributed by atoms with Gasteiger partial charge >= 0.3 is 0 Å². The second kappa shape index (κ2) is 6.64. The lowest BCUT2D eigenvalue weighted by Gasteiger charge is -2.34. The summed E-state index contributed by atoms with van der Waals surface area (Å²) in [5, 5.41) is 4.36. The number of rotatable bonds is 4. The molecule has 4 heterocycles. The maximum absolute atomic E-state index is 6.12. The molecule has 0 bridgehead atoms. The quantitative estimate of drug-likeness (QED) is 0.851. The summed E-state index contributed by atoms with van der Waals surface area (Å²) in [5.41, 5.74) is 2.19. The van der Waals surface area contributed by atoms with E-state index in [1.807, 2.05) is 11.4 Å². The second-order valence-corrected chi connectivity index (χ2v) is 6.87. The van der Waals surface area contributed by atoms with Crippen molar-refractivity contribution in [1.82, 2.24) is 19.6 Å². The number of hydrogen-bond donors (Lipinski definition) is 0. The summed E-state index contributed by atoms with van der Waals surface area (Å²) >= 11 is 0. The zero-order valence-electron chi connectivity index (χ0n) is 14.4. The number of aryl methyl sites for hydroxylation is 1. The molecule has 2 aromatic heterocycles. The van der Waals surface area contributed by atoms with Crippen molar-refractivity contribution in [2.24, 2.45) is 5.92 Å². The summed E-state index contributed by atoms with van der Waals surface area (Å²) in [6, 6.07) is 0. The average Bonchev–Trinajstić information content (AvgIpc) is 3.26. The highest BCUT2D eigenvalue weighted by Crippen LogP contribution is 2.26. The number of fused-ring (bicyclic) bond motifs is 1. The van der Waals surface area contributed by atoms with Crippen LogP contribution in [0.2, 0.25) is 0 Å². The molecule has 0 aliphatic carbocycles. The van der Waals surface area contributed by atoms with Crippen LogP contribution < -0.4 is 4.90 Å². The van der Waals surface area contributed by atoms with Gasteiger partial charge in [-0.1, -0.05) is 0 Å². The molecule has 4 rings (SSSR count). The van der Waals surface area contributed by atoms with Gasteiger partial charge in [-0.25, -0.2) is 4.98 Å². The first-order valence-corrected chi connectivity index (χ1v) is 8.83. The van der Waals surface area contributed by atoms with Crippen molar-refractivity contribution < 1.29 is 9.47 Å². The largest absolute Gasteiger partial charge is 0.381 e. The summed E-state index contributed by atoms with van der Waals surface area (Å²) in [7, 11) is 0. The van der Waals surface area contributed by atoms with Crippen LogP contribution in [0, 0.1) is 19.8 Å². The molecule has 1 atom stereocenters. The maximum atomic E-state index is 6.12. The summed E-state index contributed by atoms with van der Waals surface area (Å²) in [6.07, 6.45) is 5.16. The first-order chi connectivity index (χ1) is 11.7. The molecule has 1 unspecified atom stereocenters. The molecule has 130 valence electrons. The Bertz CT molecular complexity index is 702. The van der Waals surface area contributed by atoms with Gasteiger partial charge in [-0.15, -0.1) is 0 Å². The molecule has 24 heavy (non-hydrogen) atoms. The van der Waals surface area contributed by atoms with Gasteiger partial charge in [0.2, 0.25) is 0 Å². The van der Waals surface area contributed by atoms with E-state index < -0.39 is 0 Å². The number of hydrogen-bond acceptors (Lipinski definition) is 6. The molecular weight excluding hydrogens is 306 g/mol. The Hall–Kier alpha value is -1.73. The number of nitrogens with zero attached hydrogens (tertiary/aromatic N) is 5. The Morgan fingerprint density at radius 1 is 1.25 bits per heavy atom. The molecule has 2 aliphatic heterocycles. The Labute approximate surface area is 142 Å². The molecule has 0 aromatic carbocycles. The summed E-state index contributed by atoms with van der Waals surface area (Å²) in [4.78, 5) is 11.1. The van der Waals surface area contributed by atoms with Crippen molar-refractivity contribution in [3.63, 3.8) is 0 Å². The fourth-order valence-corrected chi connectivity index (χ4v) is 3.61. The molecule has 0 amide bonds. The normalized spacial score (nSPS) is 22.6. The first-order valence-electron chi connectivity index (χ1n) is 8.83. The molecule has 2 fully saturated rings. The third kappa shape index (κ3) is 2.98. The van der Waals surface area contributed by atoms with Crippen molar-refractivity contribution in [2.75, 3.05) is 37.8 Å². The van der Waals surface area contributed by atoms with E-state index in [0.29, 0.717) is 17.8 Å². The minimum atomic E-state index is 0.358. The van der Waals surface area contributed by atoms with E-state index in [-0.39, 0.29) is 0 Å². The van der Waals surface area contributed by atoms with E-state index in [0.717, 1.165) is 63.7 Å². The van der Waals surface area contributed by atoms with Gasteiger partial charge in [0.25, 0.3) is 5.78 Å². The number of piperidine rings is 1.